The van der Waals surface area contributed by atoms with E-state index in [1.165, 1.54) is 88.2 Å². The van der Waals surface area contributed by atoms with Crippen LogP contribution in [-0.2, 0) is 0 Å². The van der Waals surface area contributed by atoms with Crippen molar-refractivity contribution in [2.75, 3.05) is 4.90 Å². The fourth-order valence-corrected chi connectivity index (χ4v) is 8.79. The van der Waals surface area contributed by atoms with Crippen LogP contribution in [0.1, 0.15) is 23.3 Å². The molecule has 0 saturated heterocycles. The van der Waals surface area contributed by atoms with Gasteiger partial charge in [-0.25, -0.2) is 0 Å². The largest absolute Gasteiger partial charge is 0.483 e. The van der Waals surface area contributed by atoms with E-state index in [-0.39, 0.29) is 12.1 Å². The van der Waals surface area contributed by atoms with Crippen LogP contribution < -0.4 is 9.64 Å². The summed E-state index contributed by atoms with van der Waals surface area (Å²) in [6.45, 7) is 0. The molecule has 2 atom stereocenters. The Morgan fingerprint density at radius 1 is 0.420 bits per heavy atom. The molecule has 0 spiro atoms. The summed E-state index contributed by atoms with van der Waals surface area (Å²) < 4.78 is 6.61. The molecule has 2 unspecified atom stereocenters. The topological polar surface area (TPSA) is 12.5 Å². The van der Waals surface area contributed by atoms with E-state index in [9.17, 15) is 0 Å². The normalized spacial score (nSPS) is 16.1. The Labute approximate surface area is 290 Å². The third kappa shape index (κ3) is 3.90. The Hall–Kier alpha value is -6.38. The van der Waals surface area contributed by atoms with Gasteiger partial charge in [-0.2, -0.15) is 0 Å². The minimum Gasteiger partial charge on any atom is -0.483 e. The van der Waals surface area contributed by atoms with Gasteiger partial charge in [-0.1, -0.05) is 146 Å². The maximum absolute atomic E-state index is 6.61. The standard InChI is InChI=1S/C48H31NO/c1-3-12-30(13-4-1)35-24-22-32-23-25-37-42(29-41(31-14-5-2-6-15-31)38-27-26-36(35)45(32)46(37)38)33-16-11-17-34(28-33)49-43-20-9-7-18-39(43)48-47(49)40-19-8-10-21-44(40)50-48/h1-29,47-48H. The summed E-state index contributed by atoms with van der Waals surface area (Å²) in [5.74, 6) is 0.979. The second kappa shape index (κ2) is 10.6. The smallest absolute Gasteiger partial charge is 0.151 e. The molecule has 11 rings (SSSR count). The molecular formula is C48H31NO. The second-order valence-corrected chi connectivity index (χ2v) is 13.6. The van der Waals surface area contributed by atoms with Crippen LogP contribution in [0.3, 0.4) is 0 Å². The molecular weight excluding hydrogens is 607 g/mol. The number of hydrogen-bond donors (Lipinski definition) is 0. The Morgan fingerprint density at radius 3 is 1.82 bits per heavy atom. The fraction of sp³-hybridized carbons (Fsp3) is 0.0417. The van der Waals surface area contributed by atoms with Gasteiger partial charge in [0.2, 0.25) is 0 Å². The molecule has 0 bridgehead atoms. The van der Waals surface area contributed by atoms with E-state index in [2.05, 4.69) is 181 Å². The number of para-hydroxylation sites is 2. The highest BCUT2D eigenvalue weighted by atomic mass is 16.5. The Morgan fingerprint density at radius 2 is 1.02 bits per heavy atom. The van der Waals surface area contributed by atoms with E-state index in [0.717, 1.165) is 5.75 Å². The number of hydrogen-bond acceptors (Lipinski definition) is 2. The molecule has 9 aromatic carbocycles. The van der Waals surface area contributed by atoms with Crippen LogP contribution in [0.4, 0.5) is 11.4 Å². The monoisotopic (exact) mass is 637 g/mol. The highest BCUT2D eigenvalue weighted by molar-refractivity contribution is 6.30. The minimum atomic E-state index is -0.0368. The van der Waals surface area contributed by atoms with E-state index in [4.69, 9.17) is 4.74 Å². The molecule has 2 heteroatoms. The van der Waals surface area contributed by atoms with E-state index in [1.807, 2.05) is 0 Å². The van der Waals surface area contributed by atoms with Crippen LogP contribution in [-0.4, -0.2) is 0 Å². The van der Waals surface area contributed by atoms with Crippen molar-refractivity contribution in [2.45, 2.75) is 12.1 Å². The summed E-state index contributed by atoms with van der Waals surface area (Å²) in [6, 6.07) is 64.4. The van der Waals surface area contributed by atoms with Gasteiger partial charge in [-0.05, 0) is 96.0 Å². The van der Waals surface area contributed by atoms with Gasteiger partial charge >= 0.3 is 0 Å². The molecule has 2 nitrogen and oxygen atoms in total. The molecule has 50 heavy (non-hydrogen) atoms. The van der Waals surface area contributed by atoms with Crippen molar-refractivity contribution in [2.24, 2.45) is 0 Å². The number of rotatable bonds is 4. The molecule has 0 amide bonds. The molecule has 0 radical (unpaired) electrons. The van der Waals surface area contributed by atoms with Crippen LogP contribution in [0.2, 0.25) is 0 Å². The number of fused-ring (bicyclic) bond motifs is 5. The Bertz CT molecular complexity index is 2750. The van der Waals surface area contributed by atoms with Gasteiger partial charge in [0.1, 0.15) is 11.8 Å². The Balaban J connectivity index is 1.17. The van der Waals surface area contributed by atoms with Crippen molar-refractivity contribution in [1.82, 2.24) is 0 Å². The predicted molar refractivity (Wildman–Crippen MR) is 208 cm³/mol. The van der Waals surface area contributed by atoms with E-state index >= 15 is 0 Å². The first-order valence-electron chi connectivity index (χ1n) is 17.4. The van der Waals surface area contributed by atoms with Crippen molar-refractivity contribution >= 4 is 43.7 Å². The summed E-state index contributed by atoms with van der Waals surface area (Å²) in [5, 5.41) is 7.76. The molecule has 0 aliphatic carbocycles. The van der Waals surface area contributed by atoms with Crippen LogP contribution in [0, 0.1) is 0 Å². The number of anilines is 2. The molecule has 0 saturated carbocycles. The van der Waals surface area contributed by atoms with E-state index in [1.54, 1.807) is 0 Å². The zero-order valence-electron chi connectivity index (χ0n) is 27.3. The first-order valence-corrected chi connectivity index (χ1v) is 17.4. The van der Waals surface area contributed by atoms with Gasteiger partial charge < -0.3 is 9.64 Å². The molecule has 2 heterocycles. The molecule has 0 fully saturated rings. The lowest BCUT2D eigenvalue weighted by atomic mass is 9.84. The molecule has 234 valence electrons. The summed E-state index contributed by atoms with van der Waals surface area (Å²) in [6.07, 6.45) is -0.0368. The highest BCUT2D eigenvalue weighted by Crippen LogP contribution is 2.58. The van der Waals surface area contributed by atoms with Crippen molar-refractivity contribution in [3.8, 4) is 39.1 Å². The third-order valence-electron chi connectivity index (χ3n) is 10.9. The van der Waals surface area contributed by atoms with Crippen LogP contribution in [0.25, 0.3) is 65.7 Å². The van der Waals surface area contributed by atoms with E-state index < -0.39 is 0 Å². The van der Waals surface area contributed by atoms with Crippen molar-refractivity contribution < 1.29 is 4.74 Å². The number of benzene rings is 9. The quantitative estimate of drug-likeness (QED) is 0.178. The molecule has 2 aliphatic rings. The zero-order chi connectivity index (χ0) is 32.8. The predicted octanol–water partition coefficient (Wildman–Crippen LogP) is 12.9. The maximum Gasteiger partial charge on any atom is 0.151 e. The second-order valence-electron chi connectivity index (χ2n) is 13.6. The SMILES string of the molecule is c1ccc(-c2ccc3ccc4c(-c5cccc(N6c7ccccc7C7Oc8ccccc8C76)c5)cc(-c5ccccc5)c5ccc2c3c54)cc1. The van der Waals surface area contributed by atoms with Gasteiger partial charge in [0.15, 0.2) is 6.10 Å². The van der Waals surface area contributed by atoms with Gasteiger partial charge in [0.05, 0.1) is 0 Å². The number of nitrogens with zero attached hydrogens (tertiary/aromatic N) is 1. The first-order chi connectivity index (χ1) is 24.8. The molecule has 0 aromatic heterocycles. The third-order valence-corrected chi connectivity index (χ3v) is 10.9. The van der Waals surface area contributed by atoms with Gasteiger partial charge in [0.25, 0.3) is 0 Å². The summed E-state index contributed by atoms with van der Waals surface area (Å²) in [5.41, 5.74) is 12.3. The summed E-state index contributed by atoms with van der Waals surface area (Å²) in [7, 11) is 0. The average Bonchev–Trinajstić information content (AvgIpc) is 3.72. The summed E-state index contributed by atoms with van der Waals surface area (Å²) >= 11 is 0. The van der Waals surface area contributed by atoms with Crippen LogP contribution >= 0.6 is 0 Å². The van der Waals surface area contributed by atoms with Crippen LogP contribution in [0.5, 0.6) is 5.75 Å². The van der Waals surface area contributed by atoms with E-state index in [0.29, 0.717) is 0 Å². The minimum absolute atomic E-state index is 0.0368. The lowest BCUT2D eigenvalue weighted by Gasteiger charge is -2.27. The summed E-state index contributed by atoms with van der Waals surface area (Å²) in [4.78, 5) is 2.50. The average molecular weight is 638 g/mol. The molecule has 9 aromatic rings. The lowest BCUT2D eigenvalue weighted by Crippen LogP contribution is -2.20. The van der Waals surface area contributed by atoms with Crippen molar-refractivity contribution in [3.63, 3.8) is 0 Å². The molecule has 0 N–H and O–H groups in total. The zero-order valence-corrected chi connectivity index (χ0v) is 27.3. The van der Waals surface area contributed by atoms with Crippen molar-refractivity contribution in [1.29, 1.82) is 0 Å². The van der Waals surface area contributed by atoms with Crippen molar-refractivity contribution in [3.05, 3.63) is 187 Å². The fourth-order valence-electron chi connectivity index (χ4n) is 8.79. The lowest BCUT2D eigenvalue weighted by molar-refractivity contribution is 0.223. The van der Waals surface area contributed by atoms with Gasteiger partial charge in [-0.3, -0.25) is 0 Å². The maximum atomic E-state index is 6.61. The number of ether oxygens (including phenoxy) is 1. The first kappa shape index (κ1) is 27.6. The van der Waals surface area contributed by atoms with Crippen LogP contribution in [0.15, 0.2) is 176 Å². The van der Waals surface area contributed by atoms with Gasteiger partial charge in [0, 0.05) is 22.5 Å². The Kier molecular flexibility index (Phi) is 5.82. The molecule has 2 aliphatic heterocycles. The highest BCUT2D eigenvalue weighted by Gasteiger charge is 2.47. The van der Waals surface area contributed by atoms with Gasteiger partial charge in [-0.15, -0.1) is 0 Å².